The van der Waals surface area contributed by atoms with E-state index in [1.807, 2.05) is 17.9 Å². The molecule has 3 rings (SSSR count). The third kappa shape index (κ3) is 2.88. The molecule has 0 aromatic carbocycles. The summed E-state index contributed by atoms with van der Waals surface area (Å²) in [5, 5.41) is 4.27. The van der Waals surface area contributed by atoms with E-state index in [4.69, 9.17) is 10.5 Å². The Morgan fingerprint density at radius 2 is 2.20 bits per heavy atom. The highest BCUT2D eigenvalue weighted by Crippen LogP contribution is 2.26. The second-order valence-corrected chi connectivity index (χ2v) is 5.78. The van der Waals surface area contributed by atoms with Crippen molar-refractivity contribution in [1.29, 1.82) is 0 Å². The topological polar surface area (TPSA) is 59.5 Å². The fourth-order valence-electron chi connectivity index (χ4n) is 3.40. The van der Waals surface area contributed by atoms with Crippen molar-refractivity contribution in [1.82, 2.24) is 19.6 Å². The maximum atomic E-state index is 6.01. The molecule has 6 heteroatoms. The zero-order valence-electron chi connectivity index (χ0n) is 12.2. The van der Waals surface area contributed by atoms with Crippen LogP contribution < -0.4 is 5.73 Å². The number of aryl methyl sites for hydroxylation is 1. The van der Waals surface area contributed by atoms with E-state index in [1.54, 1.807) is 0 Å². The molecule has 3 heterocycles. The summed E-state index contributed by atoms with van der Waals surface area (Å²) in [4.78, 5) is 5.08. The fraction of sp³-hybridized carbons (Fsp3) is 0.786. The number of ether oxygens (including phenoxy) is 1. The van der Waals surface area contributed by atoms with Crippen molar-refractivity contribution in [2.75, 3.05) is 45.9 Å². The van der Waals surface area contributed by atoms with E-state index in [0.717, 1.165) is 39.4 Å². The minimum atomic E-state index is 0.301. The Morgan fingerprint density at radius 3 is 2.85 bits per heavy atom. The van der Waals surface area contributed by atoms with Crippen LogP contribution in [0.15, 0.2) is 12.4 Å². The molecule has 0 saturated carbocycles. The zero-order valence-corrected chi connectivity index (χ0v) is 12.2. The number of nitrogens with zero attached hydrogens (tertiary/aromatic N) is 4. The molecule has 0 radical (unpaired) electrons. The molecule has 1 aromatic rings. The summed E-state index contributed by atoms with van der Waals surface area (Å²) >= 11 is 0. The fourth-order valence-corrected chi connectivity index (χ4v) is 3.40. The van der Waals surface area contributed by atoms with E-state index in [2.05, 4.69) is 21.1 Å². The van der Waals surface area contributed by atoms with E-state index in [1.165, 1.54) is 12.0 Å². The van der Waals surface area contributed by atoms with Crippen LogP contribution in [0.2, 0.25) is 0 Å². The molecular formula is C14H25N5O. The molecule has 1 aromatic heterocycles. The minimum absolute atomic E-state index is 0.301. The molecule has 0 spiro atoms. The highest BCUT2D eigenvalue weighted by molar-refractivity contribution is 5.12. The van der Waals surface area contributed by atoms with Gasteiger partial charge in [-0.25, -0.2) is 0 Å². The number of morpholine rings is 1. The molecule has 2 N–H and O–H groups in total. The van der Waals surface area contributed by atoms with E-state index in [9.17, 15) is 0 Å². The molecule has 0 bridgehead atoms. The highest BCUT2D eigenvalue weighted by atomic mass is 16.5. The Balaban J connectivity index is 1.62. The predicted octanol–water partition coefficient (Wildman–Crippen LogP) is -0.174. The second kappa shape index (κ2) is 6.22. The van der Waals surface area contributed by atoms with Gasteiger partial charge in [0.1, 0.15) is 0 Å². The summed E-state index contributed by atoms with van der Waals surface area (Å²) in [6.45, 7) is 6.77. The molecule has 0 aliphatic carbocycles. The zero-order chi connectivity index (χ0) is 13.9. The number of hydrogen-bond acceptors (Lipinski definition) is 5. The van der Waals surface area contributed by atoms with E-state index in [0.29, 0.717) is 18.6 Å². The number of hydrogen-bond donors (Lipinski definition) is 1. The Bertz CT molecular complexity index is 429. The van der Waals surface area contributed by atoms with E-state index >= 15 is 0 Å². The predicted molar refractivity (Wildman–Crippen MR) is 77.4 cm³/mol. The molecule has 0 amide bonds. The third-order valence-electron chi connectivity index (χ3n) is 4.53. The van der Waals surface area contributed by atoms with Crippen molar-refractivity contribution in [2.45, 2.75) is 18.5 Å². The first-order valence-electron chi connectivity index (χ1n) is 7.52. The molecule has 2 saturated heterocycles. The van der Waals surface area contributed by atoms with Crippen LogP contribution in [0.1, 0.15) is 18.0 Å². The first kappa shape index (κ1) is 14.0. The summed E-state index contributed by atoms with van der Waals surface area (Å²) in [7, 11) is 1.96. The first-order valence-corrected chi connectivity index (χ1v) is 7.52. The number of nitrogens with two attached hydrogens (primary N) is 1. The second-order valence-electron chi connectivity index (χ2n) is 5.78. The Hall–Kier alpha value is -0.950. The van der Waals surface area contributed by atoms with Gasteiger partial charge in [0.05, 0.1) is 25.5 Å². The number of aromatic nitrogens is 2. The molecule has 2 aliphatic rings. The van der Waals surface area contributed by atoms with Gasteiger partial charge in [0.15, 0.2) is 0 Å². The average Bonchev–Trinajstić information content (AvgIpc) is 3.11. The molecule has 112 valence electrons. The monoisotopic (exact) mass is 279 g/mol. The van der Waals surface area contributed by atoms with Crippen LogP contribution in [-0.2, 0) is 11.8 Å². The maximum absolute atomic E-state index is 6.01. The standard InChI is InChI=1S/C14H25N5O/c1-17-10-12(9-16-17)14(8-15)19-3-2-13(11-19)18-4-6-20-7-5-18/h9-10,13-14H,2-8,11,15H2,1H3. The lowest BCUT2D eigenvalue weighted by molar-refractivity contribution is 0.0176. The van der Waals surface area contributed by atoms with Crippen molar-refractivity contribution >= 4 is 0 Å². The van der Waals surface area contributed by atoms with Gasteiger partial charge >= 0.3 is 0 Å². The van der Waals surface area contributed by atoms with Gasteiger partial charge in [-0.1, -0.05) is 0 Å². The van der Waals surface area contributed by atoms with Crippen molar-refractivity contribution in [3.63, 3.8) is 0 Å². The summed E-state index contributed by atoms with van der Waals surface area (Å²) in [6, 6.07) is 0.958. The van der Waals surface area contributed by atoms with Crippen molar-refractivity contribution in [3.8, 4) is 0 Å². The van der Waals surface area contributed by atoms with Crippen molar-refractivity contribution in [2.24, 2.45) is 12.8 Å². The quantitative estimate of drug-likeness (QED) is 0.829. The van der Waals surface area contributed by atoms with Crippen LogP contribution >= 0.6 is 0 Å². The number of likely N-dealkylation sites (tertiary alicyclic amines) is 1. The molecule has 2 atom stereocenters. The van der Waals surface area contributed by atoms with Crippen LogP contribution in [0.3, 0.4) is 0 Å². The van der Waals surface area contributed by atoms with Gasteiger partial charge in [-0.15, -0.1) is 0 Å². The van der Waals surface area contributed by atoms with E-state index in [-0.39, 0.29) is 0 Å². The molecule has 2 unspecified atom stereocenters. The lowest BCUT2D eigenvalue weighted by Gasteiger charge is -2.33. The van der Waals surface area contributed by atoms with Crippen LogP contribution in [0, 0.1) is 0 Å². The van der Waals surface area contributed by atoms with Crippen molar-refractivity contribution < 1.29 is 4.74 Å². The van der Waals surface area contributed by atoms with Gasteiger partial charge in [0.25, 0.3) is 0 Å². The largest absolute Gasteiger partial charge is 0.379 e. The third-order valence-corrected chi connectivity index (χ3v) is 4.53. The lowest BCUT2D eigenvalue weighted by atomic mass is 10.1. The van der Waals surface area contributed by atoms with Crippen LogP contribution in [-0.4, -0.2) is 71.6 Å². The average molecular weight is 279 g/mol. The molecule has 2 aliphatic heterocycles. The van der Waals surface area contributed by atoms with Crippen LogP contribution in [0.4, 0.5) is 0 Å². The molecular weight excluding hydrogens is 254 g/mol. The highest BCUT2D eigenvalue weighted by Gasteiger charge is 2.32. The Labute approximate surface area is 120 Å². The summed E-state index contributed by atoms with van der Waals surface area (Å²) in [5.74, 6) is 0. The molecule has 6 nitrogen and oxygen atoms in total. The normalized spacial score (nSPS) is 27.0. The van der Waals surface area contributed by atoms with Gasteiger partial charge in [0, 0.05) is 57.6 Å². The molecule has 2 fully saturated rings. The smallest absolute Gasteiger partial charge is 0.0594 e. The molecule has 20 heavy (non-hydrogen) atoms. The van der Waals surface area contributed by atoms with Gasteiger partial charge in [-0.3, -0.25) is 14.5 Å². The van der Waals surface area contributed by atoms with Crippen LogP contribution in [0.25, 0.3) is 0 Å². The summed E-state index contributed by atoms with van der Waals surface area (Å²) in [6.07, 6.45) is 5.26. The summed E-state index contributed by atoms with van der Waals surface area (Å²) in [5.41, 5.74) is 7.24. The minimum Gasteiger partial charge on any atom is -0.379 e. The van der Waals surface area contributed by atoms with Crippen LogP contribution in [0.5, 0.6) is 0 Å². The lowest BCUT2D eigenvalue weighted by Crippen LogP contribution is -2.45. The summed E-state index contributed by atoms with van der Waals surface area (Å²) < 4.78 is 7.30. The van der Waals surface area contributed by atoms with Crippen molar-refractivity contribution in [3.05, 3.63) is 18.0 Å². The Morgan fingerprint density at radius 1 is 1.40 bits per heavy atom. The number of rotatable bonds is 4. The van der Waals surface area contributed by atoms with Gasteiger partial charge in [-0.2, -0.15) is 5.10 Å². The van der Waals surface area contributed by atoms with Gasteiger partial charge < -0.3 is 10.5 Å². The first-order chi connectivity index (χ1) is 9.78. The van der Waals surface area contributed by atoms with Gasteiger partial charge in [-0.05, 0) is 6.42 Å². The van der Waals surface area contributed by atoms with Gasteiger partial charge in [0.2, 0.25) is 0 Å². The SMILES string of the molecule is Cn1cc(C(CN)N2CCC(N3CCOCC3)C2)cn1. The Kier molecular flexibility index (Phi) is 4.35. The van der Waals surface area contributed by atoms with E-state index < -0.39 is 0 Å². The maximum Gasteiger partial charge on any atom is 0.0594 e.